The summed E-state index contributed by atoms with van der Waals surface area (Å²) < 4.78 is 20.9. The lowest BCUT2D eigenvalue weighted by Crippen LogP contribution is -2.15. The number of rotatable bonds is 14. The van der Waals surface area contributed by atoms with E-state index in [-0.39, 0.29) is 19.0 Å². The third-order valence-corrected chi connectivity index (χ3v) is 5.85. The average molecular weight is 423 g/mol. The predicted molar refractivity (Wildman–Crippen MR) is 125 cm³/mol. The van der Waals surface area contributed by atoms with Crippen molar-refractivity contribution in [2.45, 2.75) is 44.9 Å². The maximum absolute atomic E-state index is 5.44. The molecule has 2 aromatic rings. The zero-order chi connectivity index (χ0) is 22.1. The van der Waals surface area contributed by atoms with Gasteiger partial charge >= 0.3 is 0 Å². The molecular weight excluding hydrogens is 388 g/mol. The van der Waals surface area contributed by atoms with E-state index in [1.807, 2.05) is 0 Å². The van der Waals surface area contributed by atoms with Crippen molar-refractivity contribution in [3.8, 4) is 11.1 Å². The molecule has 0 atom stereocenters. The first-order valence-electron chi connectivity index (χ1n) is 11.0. The van der Waals surface area contributed by atoms with Crippen LogP contribution < -0.4 is 0 Å². The van der Waals surface area contributed by atoms with Gasteiger partial charge in [-0.25, -0.2) is 0 Å². The fraction of sp³-hybridized carbons (Fsp3) is 0.407. The topological polar surface area (TPSA) is 36.9 Å². The van der Waals surface area contributed by atoms with Crippen LogP contribution in [0.5, 0.6) is 0 Å². The van der Waals surface area contributed by atoms with Crippen LogP contribution in [-0.2, 0) is 37.2 Å². The van der Waals surface area contributed by atoms with Crippen LogP contribution in [0.4, 0.5) is 0 Å². The third kappa shape index (κ3) is 5.78. The Balaban J connectivity index is 1.62. The molecule has 0 fully saturated rings. The maximum atomic E-state index is 5.44. The van der Waals surface area contributed by atoms with Crippen molar-refractivity contribution in [2.24, 2.45) is 0 Å². The lowest BCUT2D eigenvalue weighted by molar-refractivity contribution is -0.0118. The van der Waals surface area contributed by atoms with Crippen LogP contribution in [0.1, 0.15) is 48.9 Å². The van der Waals surface area contributed by atoms with Gasteiger partial charge in [0.25, 0.3) is 0 Å². The zero-order valence-electron chi connectivity index (χ0n) is 18.8. The zero-order valence-corrected chi connectivity index (χ0v) is 18.8. The Morgan fingerprint density at radius 3 is 1.61 bits per heavy atom. The highest BCUT2D eigenvalue weighted by Gasteiger charge is 2.35. The minimum atomic E-state index is -0.000706. The first-order chi connectivity index (χ1) is 15.1. The molecule has 0 heterocycles. The summed E-state index contributed by atoms with van der Waals surface area (Å²) in [5, 5.41) is 0. The maximum Gasteiger partial charge on any atom is 0.188 e. The lowest BCUT2D eigenvalue weighted by atomic mass is 9.81. The average Bonchev–Trinajstić information content (AvgIpc) is 2.99. The molecule has 0 aliphatic heterocycles. The molecule has 0 bridgehead atoms. The van der Waals surface area contributed by atoms with Crippen LogP contribution in [-0.4, -0.2) is 26.8 Å². The monoisotopic (exact) mass is 422 g/mol. The molecule has 0 aromatic heterocycles. The first-order valence-corrected chi connectivity index (χ1v) is 11.0. The summed E-state index contributed by atoms with van der Waals surface area (Å²) in [4.78, 5) is 0. The van der Waals surface area contributed by atoms with Gasteiger partial charge in [0.1, 0.15) is 0 Å². The molecule has 3 rings (SSSR count). The van der Waals surface area contributed by atoms with Crippen LogP contribution in [0.25, 0.3) is 11.1 Å². The van der Waals surface area contributed by atoms with Crippen LogP contribution >= 0.6 is 0 Å². The molecular formula is C27H34O4. The van der Waals surface area contributed by atoms with Crippen LogP contribution in [0.2, 0.25) is 0 Å². The number of benzene rings is 2. The number of fused-ring (bicyclic) bond motifs is 3. The third-order valence-electron chi connectivity index (χ3n) is 5.85. The molecule has 0 N–H and O–H groups in total. The fourth-order valence-corrected chi connectivity index (χ4v) is 4.21. The second-order valence-corrected chi connectivity index (χ2v) is 8.31. The van der Waals surface area contributed by atoms with E-state index in [4.69, 9.17) is 18.9 Å². The van der Waals surface area contributed by atoms with Gasteiger partial charge in [0.15, 0.2) is 13.6 Å². The number of ether oxygens (including phenoxy) is 4. The smallest absolute Gasteiger partial charge is 0.188 e. The Bertz CT molecular complexity index is 813. The number of hydrogen-bond acceptors (Lipinski definition) is 4. The highest BCUT2D eigenvalue weighted by atomic mass is 16.7. The molecule has 0 radical (unpaired) electrons. The van der Waals surface area contributed by atoms with E-state index in [2.05, 4.69) is 63.4 Å². The van der Waals surface area contributed by atoms with E-state index in [0.717, 1.165) is 25.7 Å². The highest BCUT2D eigenvalue weighted by molar-refractivity contribution is 5.81. The van der Waals surface area contributed by atoms with Gasteiger partial charge < -0.3 is 18.9 Å². The molecule has 2 aromatic carbocycles. The Morgan fingerprint density at radius 1 is 0.742 bits per heavy atom. The van der Waals surface area contributed by atoms with Gasteiger partial charge in [0.2, 0.25) is 0 Å². The minimum absolute atomic E-state index is 0.000706. The second-order valence-electron chi connectivity index (χ2n) is 8.31. The molecule has 1 aliphatic carbocycles. The molecule has 166 valence electrons. The van der Waals surface area contributed by atoms with Crippen molar-refractivity contribution in [1.29, 1.82) is 0 Å². The van der Waals surface area contributed by atoms with E-state index in [1.54, 1.807) is 0 Å². The van der Waals surface area contributed by atoms with Crippen LogP contribution in [0.15, 0.2) is 62.1 Å². The van der Waals surface area contributed by atoms with E-state index in [1.165, 1.54) is 45.9 Å². The fourth-order valence-electron chi connectivity index (χ4n) is 4.21. The summed E-state index contributed by atoms with van der Waals surface area (Å²) in [6.45, 7) is 13.6. The standard InChI is InChI=1S/C27H34O4/c1-5-28-19-30-15-7-9-21-11-13-23-24-14-12-22(10-8-16-31-20-29-6-2)18-26(24)27(3,4)25(23)17-21/h5-6,11-14,17-18H,1-2,7-10,15-16,19-20H2,3-4H3. The highest BCUT2D eigenvalue weighted by Crippen LogP contribution is 2.49. The SMILES string of the molecule is C=COCOCCCc1ccc2c(c1)C(C)(C)c1cc(CCCOCOC=C)ccc1-2. The van der Waals surface area contributed by atoms with Gasteiger partial charge in [-0.1, -0.05) is 63.4 Å². The van der Waals surface area contributed by atoms with Crippen LogP contribution in [0.3, 0.4) is 0 Å². The van der Waals surface area contributed by atoms with Gasteiger partial charge in [-0.3, -0.25) is 0 Å². The summed E-state index contributed by atoms with van der Waals surface area (Å²) in [6.07, 6.45) is 6.73. The van der Waals surface area contributed by atoms with E-state index in [0.29, 0.717) is 13.2 Å². The van der Waals surface area contributed by atoms with Crippen LogP contribution in [0, 0.1) is 0 Å². The van der Waals surface area contributed by atoms with Crippen molar-refractivity contribution >= 4 is 0 Å². The molecule has 0 unspecified atom stereocenters. The Hall–Kier alpha value is -2.56. The molecule has 31 heavy (non-hydrogen) atoms. The first kappa shape index (κ1) is 23.1. The molecule has 0 saturated heterocycles. The largest absolute Gasteiger partial charge is 0.476 e. The lowest BCUT2D eigenvalue weighted by Gasteiger charge is -2.22. The molecule has 0 saturated carbocycles. The van der Waals surface area contributed by atoms with Crippen molar-refractivity contribution in [3.63, 3.8) is 0 Å². The molecule has 1 aliphatic rings. The quantitative estimate of drug-likeness (QED) is 0.209. The molecule has 0 spiro atoms. The minimum Gasteiger partial charge on any atom is -0.476 e. The Morgan fingerprint density at radius 2 is 1.19 bits per heavy atom. The van der Waals surface area contributed by atoms with E-state index < -0.39 is 0 Å². The van der Waals surface area contributed by atoms with E-state index in [9.17, 15) is 0 Å². The summed E-state index contributed by atoms with van der Waals surface area (Å²) in [6, 6.07) is 13.8. The molecule has 4 nitrogen and oxygen atoms in total. The Labute approximate surface area is 186 Å². The number of hydrogen-bond donors (Lipinski definition) is 0. The number of aryl methyl sites for hydroxylation is 2. The van der Waals surface area contributed by atoms with Crippen molar-refractivity contribution in [2.75, 3.05) is 26.8 Å². The van der Waals surface area contributed by atoms with Crippen molar-refractivity contribution < 1.29 is 18.9 Å². The van der Waals surface area contributed by atoms with Crippen molar-refractivity contribution in [3.05, 3.63) is 84.3 Å². The molecule has 4 heteroatoms. The Kier molecular flexibility index (Phi) is 8.33. The summed E-state index contributed by atoms with van der Waals surface area (Å²) in [7, 11) is 0. The van der Waals surface area contributed by atoms with Crippen molar-refractivity contribution in [1.82, 2.24) is 0 Å². The van der Waals surface area contributed by atoms with Gasteiger partial charge in [-0.2, -0.15) is 0 Å². The normalized spacial score (nSPS) is 13.4. The van der Waals surface area contributed by atoms with Gasteiger partial charge in [0.05, 0.1) is 25.7 Å². The summed E-state index contributed by atoms with van der Waals surface area (Å²) in [5.41, 5.74) is 8.25. The second kappa shape index (κ2) is 11.2. The van der Waals surface area contributed by atoms with Gasteiger partial charge in [0, 0.05) is 5.41 Å². The predicted octanol–water partition coefficient (Wildman–Crippen LogP) is 6.13. The van der Waals surface area contributed by atoms with E-state index >= 15 is 0 Å². The summed E-state index contributed by atoms with van der Waals surface area (Å²) >= 11 is 0. The van der Waals surface area contributed by atoms with Gasteiger partial charge in [-0.15, -0.1) is 0 Å². The molecule has 0 amide bonds. The summed E-state index contributed by atoms with van der Waals surface area (Å²) in [5.74, 6) is 0. The van der Waals surface area contributed by atoms with Gasteiger partial charge in [-0.05, 0) is 59.1 Å².